The molecule has 19 heavy (non-hydrogen) atoms. The molecule has 1 N–H and O–H groups in total. The third-order valence-electron chi connectivity index (χ3n) is 3.91. The zero-order valence-electron chi connectivity index (χ0n) is 12.4. The Balaban J connectivity index is 2.14. The van der Waals surface area contributed by atoms with Crippen LogP contribution in [-0.2, 0) is 6.42 Å². The quantitative estimate of drug-likeness (QED) is 0.905. The second kappa shape index (κ2) is 6.22. The Labute approximate surface area is 116 Å². The summed E-state index contributed by atoms with van der Waals surface area (Å²) in [4.78, 5) is 8.58. The van der Waals surface area contributed by atoms with E-state index in [1.165, 1.54) is 6.42 Å². The molecule has 1 aromatic rings. The van der Waals surface area contributed by atoms with E-state index in [0.717, 1.165) is 48.4 Å². The maximum Gasteiger partial charge on any atom is 0.222 e. The lowest BCUT2D eigenvalue weighted by molar-refractivity contribution is 0.0956. The molecule has 2 rings (SSSR count). The van der Waals surface area contributed by atoms with Gasteiger partial charge in [0.15, 0.2) is 0 Å². The minimum Gasteiger partial charge on any atom is -0.474 e. The van der Waals surface area contributed by atoms with Gasteiger partial charge in [0.1, 0.15) is 18.2 Å². The van der Waals surface area contributed by atoms with Crippen LogP contribution in [0, 0.1) is 11.8 Å². The minimum absolute atomic E-state index is 0.295. The van der Waals surface area contributed by atoms with Gasteiger partial charge in [-0.05, 0) is 37.5 Å². The van der Waals surface area contributed by atoms with Crippen molar-refractivity contribution in [2.75, 3.05) is 12.4 Å². The fourth-order valence-electron chi connectivity index (χ4n) is 3.16. The maximum absolute atomic E-state index is 6.17. The highest BCUT2D eigenvalue weighted by Crippen LogP contribution is 2.32. The SMILES string of the molecule is CCc1c(NC)ncnc1OC1CC(C)CC(C)C1. The molecule has 4 heteroatoms. The van der Waals surface area contributed by atoms with Gasteiger partial charge in [-0.15, -0.1) is 0 Å². The number of rotatable bonds is 4. The van der Waals surface area contributed by atoms with E-state index >= 15 is 0 Å². The van der Waals surface area contributed by atoms with Crippen LogP contribution in [0.25, 0.3) is 0 Å². The number of aromatic nitrogens is 2. The molecule has 1 aliphatic rings. The molecule has 2 atom stereocenters. The molecule has 0 bridgehead atoms. The summed E-state index contributed by atoms with van der Waals surface area (Å²) in [6, 6.07) is 0. The van der Waals surface area contributed by atoms with Gasteiger partial charge in [0.2, 0.25) is 5.88 Å². The van der Waals surface area contributed by atoms with Crippen molar-refractivity contribution in [2.24, 2.45) is 11.8 Å². The average molecular weight is 263 g/mol. The predicted molar refractivity (Wildman–Crippen MR) is 77.6 cm³/mol. The lowest BCUT2D eigenvalue weighted by atomic mass is 9.82. The molecule has 1 heterocycles. The van der Waals surface area contributed by atoms with E-state index in [4.69, 9.17) is 4.74 Å². The molecule has 0 aliphatic heterocycles. The Morgan fingerprint density at radius 3 is 2.47 bits per heavy atom. The largest absolute Gasteiger partial charge is 0.474 e. The first kappa shape index (κ1) is 14.1. The van der Waals surface area contributed by atoms with Crippen LogP contribution in [0.3, 0.4) is 0 Å². The summed E-state index contributed by atoms with van der Waals surface area (Å²) in [6.07, 6.45) is 6.33. The van der Waals surface area contributed by atoms with Gasteiger partial charge >= 0.3 is 0 Å². The Morgan fingerprint density at radius 1 is 1.21 bits per heavy atom. The molecule has 0 radical (unpaired) electrons. The molecule has 0 saturated heterocycles. The number of ether oxygens (including phenoxy) is 1. The summed E-state index contributed by atoms with van der Waals surface area (Å²) in [7, 11) is 1.88. The van der Waals surface area contributed by atoms with E-state index in [-0.39, 0.29) is 0 Å². The van der Waals surface area contributed by atoms with Crippen molar-refractivity contribution in [3.05, 3.63) is 11.9 Å². The molecule has 2 unspecified atom stereocenters. The second-order valence-corrected chi connectivity index (χ2v) is 5.77. The van der Waals surface area contributed by atoms with Gasteiger partial charge in [-0.1, -0.05) is 20.8 Å². The first-order valence-electron chi connectivity index (χ1n) is 7.32. The predicted octanol–water partition coefficient (Wildman–Crippen LogP) is 3.28. The number of anilines is 1. The van der Waals surface area contributed by atoms with Crippen molar-refractivity contribution in [3.63, 3.8) is 0 Å². The second-order valence-electron chi connectivity index (χ2n) is 5.77. The van der Waals surface area contributed by atoms with Crippen molar-refractivity contribution in [1.82, 2.24) is 9.97 Å². The van der Waals surface area contributed by atoms with E-state index in [9.17, 15) is 0 Å². The summed E-state index contributed by atoms with van der Waals surface area (Å²) < 4.78 is 6.17. The van der Waals surface area contributed by atoms with Crippen LogP contribution in [0.15, 0.2) is 6.33 Å². The smallest absolute Gasteiger partial charge is 0.222 e. The average Bonchev–Trinajstić information content (AvgIpc) is 2.37. The van der Waals surface area contributed by atoms with Crippen LogP contribution < -0.4 is 10.1 Å². The van der Waals surface area contributed by atoms with Crippen molar-refractivity contribution in [3.8, 4) is 5.88 Å². The monoisotopic (exact) mass is 263 g/mol. The van der Waals surface area contributed by atoms with E-state index < -0.39 is 0 Å². The lowest BCUT2D eigenvalue weighted by Gasteiger charge is -2.31. The van der Waals surface area contributed by atoms with E-state index in [1.807, 2.05) is 7.05 Å². The number of nitrogens with zero attached hydrogens (tertiary/aromatic N) is 2. The molecule has 0 amide bonds. The van der Waals surface area contributed by atoms with Gasteiger partial charge in [-0.3, -0.25) is 0 Å². The first-order valence-corrected chi connectivity index (χ1v) is 7.32. The molecule has 1 aromatic heterocycles. The van der Waals surface area contributed by atoms with Gasteiger partial charge in [-0.25, -0.2) is 9.97 Å². The lowest BCUT2D eigenvalue weighted by Crippen LogP contribution is -2.29. The highest BCUT2D eigenvalue weighted by molar-refractivity contribution is 5.48. The van der Waals surface area contributed by atoms with E-state index in [2.05, 4.69) is 36.1 Å². The number of nitrogens with one attached hydrogen (secondary N) is 1. The summed E-state index contributed by atoms with van der Waals surface area (Å²) in [5.41, 5.74) is 1.08. The Kier molecular flexibility index (Phi) is 4.61. The molecule has 1 saturated carbocycles. The summed E-state index contributed by atoms with van der Waals surface area (Å²) in [5.74, 6) is 3.12. The van der Waals surface area contributed by atoms with E-state index in [1.54, 1.807) is 6.33 Å². The van der Waals surface area contributed by atoms with Gasteiger partial charge in [0.25, 0.3) is 0 Å². The highest BCUT2D eigenvalue weighted by Gasteiger charge is 2.26. The van der Waals surface area contributed by atoms with Crippen LogP contribution in [0.5, 0.6) is 5.88 Å². The van der Waals surface area contributed by atoms with Gasteiger partial charge in [0, 0.05) is 7.05 Å². The van der Waals surface area contributed by atoms with Gasteiger partial charge in [-0.2, -0.15) is 0 Å². The summed E-state index contributed by atoms with van der Waals surface area (Å²) in [5, 5.41) is 3.11. The topological polar surface area (TPSA) is 47.0 Å². The number of hydrogen-bond acceptors (Lipinski definition) is 4. The number of hydrogen-bond donors (Lipinski definition) is 1. The molecule has 106 valence electrons. The molecule has 0 aromatic carbocycles. The Hall–Kier alpha value is -1.32. The molecular formula is C15H25N3O. The Bertz CT molecular complexity index is 412. The van der Waals surface area contributed by atoms with Crippen LogP contribution in [0.4, 0.5) is 5.82 Å². The zero-order valence-corrected chi connectivity index (χ0v) is 12.4. The third-order valence-corrected chi connectivity index (χ3v) is 3.91. The first-order chi connectivity index (χ1) is 9.13. The van der Waals surface area contributed by atoms with Crippen molar-refractivity contribution >= 4 is 5.82 Å². The molecule has 4 nitrogen and oxygen atoms in total. The van der Waals surface area contributed by atoms with Crippen molar-refractivity contribution in [2.45, 2.75) is 52.6 Å². The standard InChI is InChI=1S/C15H25N3O/c1-5-13-14(16-4)17-9-18-15(13)19-12-7-10(2)6-11(3)8-12/h9-12H,5-8H2,1-4H3,(H,16,17,18). The van der Waals surface area contributed by atoms with Crippen LogP contribution in [-0.4, -0.2) is 23.1 Å². The van der Waals surface area contributed by atoms with Crippen molar-refractivity contribution in [1.29, 1.82) is 0 Å². The normalized spacial score (nSPS) is 27.1. The molecule has 1 aliphatic carbocycles. The maximum atomic E-state index is 6.17. The van der Waals surface area contributed by atoms with Crippen LogP contribution >= 0.6 is 0 Å². The highest BCUT2D eigenvalue weighted by atomic mass is 16.5. The fraction of sp³-hybridized carbons (Fsp3) is 0.733. The zero-order chi connectivity index (χ0) is 13.8. The Morgan fingerprint density at radius 2 is 1.89 bits per heavy atom. The van der Waals surface area contributed by atoms with Gasteiger partial charge < -0.3 is 10.1 Å². The van der Waals surface area contributed by atoms with E-state index in [0.29, 0.717) is 6.10 Å². The summed E-state index contributed by atoms with van der Waals surface area (Å²) in [6.45, 7) is 6.73. The minimum atomic E-state index is 0.295. The summed E-state index contributed by atoms with van der Waals surface area (Å²) >= 11 is 0. The third kappa shape index (κ3) is 3.37. The van der Waals surface area contributed by atoms with Crippen LogP contribution in [0.1, 0.15) is 45.6 Å². The van der Waals surface area contributed by atoms with Gasteiger partial charge in [0.05, 0.1) is 5.56 Å². The van der Waals surface area contributed by atoms with Crippen LogP contribution in [0.2, 0.25) is 0 Å². The molecule has 1 fully saturated rings. The fourth-order valence-corrected chi connectivity index (χ4v) is 3.16. The van der Waals surface area contributed by atoms with Crippen molar-refractivity contribution < 1.29 is 4.74 Å². The molecule has 0 spiro atoms. The molecular weight excluding hydrogens is 238 g/mol.